The van der Waals surface area contributed by atoms with Crippen LogP contribution in [0.25, 0.3) is 6.08 Å². The van der Waals surface area contributed by atoms with Gasteiger partial charge in [0.15, 0.2) is 0 Å². The molecule has 0 spiro atoms. The van der Waals surface area contributed by atoms with E-state index < -0.39 is 30.0 Å². The molecule has 11 N–H and O–H groups in total. The van der Waals surface area contributed by atoms with Crippen LogP contribution >= 0.6 is 0 Å². The van der Waals surface area contributed by atoms with Crippen LogP contribution in [0.3, 0.4) is 0 Å². The van der Waals surface area contributed by atoms with Crippen molar-refractivity contribution in [2.75, 3.05) is 63.0 Å². The van der Waals surface area contributed by atoms with Gasteiger partial charge in [0.1, 0.15) is 24.3 Å². The highest BCUT2D eigenvalue weighted by Gasteiger charge is 2.26. The first kappa shape index (κ1) is 64.8. The van der Waals surface area contributed by atoms with Gasteiger partial charge in [-0.1, -0.05) is 50.6 Å². The minimum absolute atomic E-state index is 0.0608. The number of aromatic nitrogens is 1. The lowest BCUT2D eigenvalue weighted by Crippen LogP contribution is -2.47. The molecular weight excluding hydrogens is 1120 g/mol. The fraction of sp³-hybridized carbons (Fsp3) is 0.387. The van der Waals surface area contributed by atoms with Crippen molar-refractivity contribution in [2.24, 2.45) is 16.5 Å². The zero-order valence-corrected chi connectivity index (χ0v) is 49.0. The molecule has 0 saturated carbocycles. The highest BCUT2D eigenvalue weighted by Crippen LogP contribution is 2.30. The molecule has 3 aliphatic rings. The standard InChI is InChI=1S/C62H76N14O11/c1-3-27-75(28-4-2)60(84)46-31-43-17-18-44(32-50(43)71-51(63)33-46)58(82)73-52-34-47-38-74(30-23-45(47)35-68-52)37-40-11-15-42(16-12-40)57(81)65-25-26-67-62(86)87-39-41-13-19-48(20-14-41)70-59(83)49(9-8-24-66-61(64)85)72-54(78)36-69-53(77)10-6-5-7-29-76-55(79)21-22-56(76)80/h11-22,31-32,34-35,49H,3-10,23-30,33,36-39H2,1-2H3,(H2,63,71)(H,65,81)(H,67,86)(H,69,77)(H,70,83)(H,72,78)(H3,64,66,85)(H,68,73,82)/t49-/m0/s1. The Morgan fingerprint density at radius 1 is 0.736 bits per heavy atom. The normalized spacial score (nSPS) is 13.8. The van der Waals surface area contributed by atoms with Gasteiger partial charge >= 0.3 is 12.1 Å². The topological polar surface area (TPSA) is 351 Å². The summed E-state index contributed by atoms with van der Waals surface area (Å²) in [7, 11) is 0. The molecule has 0 saturated heterocycles. The average Bonchev–Trinajstić information content (AvgIpc) is 3.06. The first-order valence-corrected chi connectivity index (χ1v) is 29.2. The summed E-state index contributed by atoms with van der Waals surface area (Å²) in [6.45, 7) is 7.58. The summed E-state index contributed by atoms with van der Waals surface area (Å²) in [5.74, 6) is -2.31. The van der Waals surface area contributed by atoms with Crippen molar-refractivity contribution in [1.29, 1.82) is 0 Å². The Bertz CT molecular complexity index is 3250. The maximum absolute atomic E-state index is 13.5. The van der Waals surface area contributed by atoms with Crippen molar-refractivity contribution in [2.45, 2.75) is 104 Å². The zero-order valence-electron chi connectivity index (χ0n) is 49.0. The van der Waals surface area contributed by atoms with Gasteiger partial charge in [-0.15, -0.1) is 0 Å². The molecule has 25 heteroatoms. The third-order valence-electron chi connectivity index (χ3n) is 14.4. The van der Waals surface area contributed by atoms with Crippen LogP contribution in [0, 0.1) is 0 Å². The number of amides is 11. The number of anilines is 2. The number of hydrogen-bond donors (Lipinski definition) is 9. The number of benzene rings is 3. The van der Waals surface area contributed by atoms with Gasteiger partial charge in [-0.3, -0.25) is 48.2 Å². The number of rotatable bonds is 30. The monoisotopic (exact) mass is 1190 g/mol. The minimum atomic E-state index is -1.04. The Balaban J connectivity index is 0.787. The van der Waals surface area contributed by atoms with Gasteiger partial charge in [-0.2, -0.15) is 0 Å². The van der Waals surface area contributed by atoms with E-state index in [1.165, 1.54) is 12.2 Å². The van der Waals surface area contributed by atoms with E-state index >= 15 is 0 Å². The average molecular weight is 1190 g/mol. The smallest absolute Gasteiger partial charge is 0.407 e. The molecular formula is C62H76N14O11. The number of carbonyl (C=O) groups excluding carboxylic acids is 10. The predicted octanol–water partition coefficient (Wildman–Crippen LogP) is 4.45. The first-order valence-electron chi connectivity index (χ1n) is 29.2. The van der Waals surface area contributed by atoms with Gasteiger partial charge in [0, 0.05) is 118 Å². The maximum Gasteiger partial charge on any atom is 0.407 e. The van der Waals surface area contributed by atoms with Gasteiger partial charge in [-0.25, -0.2) is 19.6 Å². The Morgan fingerprint density at radius 2 is 1.45 bits per heavy atom. The summed E-state index contributed by atoms with van der Waals surface area (Å²) in [5.41, 5.74) is 18.2. The molecule has 0 aliphatic carbocycles. The molecule has 4 aromatic rings. The van der Waals surface area contributed by atoms with Gasteiger partial charge < -0.3 is 58.3 Å². The molecule has 0 radical (unpaired) electrons. The second-order valence-corrected chi connectivity index (χ2v) is 21.2. The zero-order chi connectivity index (χ0) is 62.2. The molecule has 4 heterocycles. The Labute approximate surface area is 504 Å². The quantitative estimate of drug-likeness (QED) is 0.0257. The summed E-state index contributed by atoms with van der Waals surface area (Å²) in [6.07, 6.45) is 10.1. The van der Waals surface area contributed by atoms with E-state index in [0.29, 0.717) is 103 Å². The van der Waals surface area contributed by atoms with Gasteiger partial charge in [-0.05, 0) is 116 Å². The number of unbranched alkanes of at least 4 members (excludes halogenated alkanes) is 2. The Kier molecular flexibility index (Phi) is 24.2. The molecule has 7 rings (SSSR count). The number of nitrogens with zero attached hydrogens (tertiary/aromatic N) is 5. The van der Waals surface area contributed by atoms with Crippen molar-refractivity contribution >= 4 is 88.5 Å². The molecule has 25 nitrogen and oxygen atoms in total. The lowest BCUT2D eigenvalue weighted by Gasteiger charge is -2.29. The number of urea groups is 1. The number of aliphatic imine (C=N–C) groups is 1. The molecule has 0 fully saturated rings. The number of nitrogens with one attached hydrogen (secondary N) is 7. The van der Waals surface area contributed by atoms with E-state index in [-0.39, 0.29) is 94.0 Å². The second kappa shape index (κ2) is 32.5. The minimum Gasteiger partial charge on any atom is -0.445 e. The molecule has 0 bridgehead atoms. The molecule has 1 atom stereocenters. The number of ether oxygens (including phenoxy) is 1. The number of alkyl carbamates (subject to hydrolysis) is 1. The molecule has 1 aromatic heterocycles. The largest absolute Gasteiger partial charge is 0.445 e. The fourth-order valence-electron chi connectivity index (χ4n) is 9.87. The molecule has 3 aliphatic heterocycles. The van der Waals surface area contributed by atoms with Crippen molar-refractivity contribution in [3.8, 4) is 0 Å². The lowest BCUT2D eigenvalue weighted by molar-refractivity contribution is -0.137. The molecule has 87 heavy (non-hydrogen) atoms. The SMILES string of the molecule is CCCN(CCC)C(=O)C1=Cc2ccc(C(=O)Nc3cc4c(cn3)CCN(Cc3ccc(C(=O)NCCNC(=O)OCc5ccc(NC(=O)[C@H](CCCNC(N)=O)NC(=O)CNC(=O)CCCCCN6C(=O)C=CC6=O)cc5)cc3)C4)cc2N=C(N)C1. The van der Waals surface area contributed by atoms with E-state index in [1.54, 1.807) is 60.8 Å². The van der Waals surface area contributed by atoms with Crippen LogP contribution in [0.15, 0.2) is 102 Å². The number of amidine groups is 1. The Hall–Kier alpha value is -9.78. The van der Waals surface area contributed by atoms with Crippen LogP contribution in [0.2, 0.25) is 0 Å². The van der Waals surface area contributed by atoms with E-state index in [2.05, 4.69) is 52.1 Å². The van der Waals surface area contributed by atoms with Crippen LogP contribution in [-0.4, -0.2) is 143 Å². The number of imide groups is 1. The van der Waals surface area contributed by atoms with Crippen molar-refractivity contribution in [3.63, 3.8) is 0 Å². The van der Waals surface area contributed by atoms with Crippen LogP contribution in [0.5, 0.6) is 0 Å². The summed E-state index contributed by atoms with van der Waals surface area (Å²) < 4.78 is 5.34. The van der Waals surface area contributed by atoms with Crippen LogP contribution in [-0.2, 0) is 59.6 Å². The van der Waals surface area contributed by atoms with E-state index in [4.69, 9.17) is 16.2 Å². The second-order valence-electron chi connectivity index (χ2n) is 21.2. The number of primary amides is 1. The number of pyridine rings is 1. The summed E-state index contributed by atoms with van der Waals surface area (Å²) in [5, 5.41) is 18.7. The highest BCUT2D eigenvalue weighted by atomic mass is 16.5. The van der Waals surface area contributed by atoms with E-state index in [0.717, 1.165) is 47.4 Å². The van der Waals surface area contributed by atoms with Crippen molar-refractivity contribution < 1.29 is 52.7 Å². The highest BCUT2D eigenvalue weighted by molar-refractivity contribution is 6.13. The summed E-state index contributed by atoms with van der Waals surface area (Å²) >= 11 is 0. The van der Waals surface area contributed by atoms with Crippen LogP contribution in [0.1, 0.15) is 120 Å². The predicted molar refractivity (Wildman–Crippen MR) is 326 cm³/mol. The molecule has 3 aromatic carbocycles. The number of fused-ring (bicyclic) bond motifs is 2. The summed E-state index contributed by atoms with van der Waals surface area (Å²) in [6, 6.07) is 19.0. The Morgan fingerprint density at radius 3 is 2.17 bits per heavy atom. The molecule has 0 unspecified atom stereocenters. The molecule has 11 amide bonds. The van der Waals surface area contributed by atoms with Gasteiger partial charge in [0.2, 0.25) is 23.6 Å². The summed E-state index contributed by atoms with van der Waals surface area (Å²) in [4.78, 5) is 140. The number of nitrogens with two attached hydrogens (primary N) is 2. The number of hydrogen-bond acceptors (Lipinski definition) is 15. The number of carbonyl (C=O) groups is 10. The van der Waals surface area contributed by atoms with Crippen LogP contribution < -0.4 is 48.7 Å². The van der Waals surface area contributed by atoms with Crippen molar-refractivity contribution in [3.05, 3.63) is 136 Å². The maximum atomic E-state index is 13.5. The van der Waals surface area contributed by atoms with E-state index in [1.807, 2.05) is 43.0 Å². The third-order valence-corrected chi connectivity index (χ3v) is 14.4. The first-order chi connectivity index (χ1) is 41.9. The van der Waals surface area contributed by atoms with E-state index in [9.17, 15) is 47.9 Å². The van der Waals surface area contributed by atoms with Gasteiger partial charge in [0.05, 0.1) is 12.2 Å². The lowest BCUT2D eigenvalue weighted by atomic mass is 10.0. The van der Waals surface area contributed by atoms with Gasteiger partial charge in [0.25, 0.3) is 23.6 Å². The molecule has 460 valence electrons. The fourth-order valence-corrected chi connectivity index (χ4v) is 9.87. The third kappa shape index (κ3) is 20.2. The van der Waals surface area contributed by atoms with Crippen LogP contribution in [0.4, 0.5) is 26.8 Å². The van der Waals surface area contributed by atoms with Crippen molar-refractivity contribution in [1.82, 2.24) is 46.3 Å².